The lowest BCUT2D eigenvalue weighted by Gasteiger charge is -2.21. The molecule has 6 N–H and O–H groups in total. The third-order valence-corrected chi connectivity index (χ3v) is 5.36. The normalized spacial score (nSPS) is 14.7. The van der Waals surface area contributed by atoms with Gasteiger partial charge in [0.15, 0.2) is 5.69 Å². The van der Waals surface area contributed by atoms with Gasteiger partial charge in [0.25, 0.3) is 11.8 Å². The average Bonchev–Trinajstić information content (AvgIpc) is 3.26. The van der Waals surface area contributed by atoms with Crippen molar-refractivity contribution in [1.29, 1.82) is 0 Å². The lowest BCUT2D eigenvalue weighted by Crippen LogP contribution is -2.24. The van der Waals surface area contributed by atoms with E-state index in [1.54, 1.807) is 25.1 Å². The number of hydrogen-bond acceptors (Lipinski definition) is 5. The van der Waals surface area contributed by atoms with Crippen LogP contribution in [0.3, 0.4) is 0 Å². The zero-order valence-electron chi connectivity index (χ0n) is 17.6. The molecule has 0 saturated heterocycles. The highest BCUT2D eigenvalue weighted by Crippen LogP contribution is 2.29. The molecule has 0 spiro atoms. The van der Waals surface area contributed by atoms with Gasteiger partial charge in [0.1, 0.15) is 5.69 Å². The summed E-state index contributed by atoms with van der Waals surface area (Å²) in [6, 6.07) is 5.22. The van der Waals surface area contributed by atoms with E-state index in [1.807, 2.05) is 0 Å². The summed E-state index contributed by atoms with van der Waals surface area (Å²) in [5.74, 6) is -1.000. The van der Waals surface area contributed by atoms with Gasteiger partial charge < -0.3 is 26.5 Å². The highest BCUT2D eigenvalue weighted by Gasteiger charge is 2.22. The molecule has 1 unspecified atom stereocenters. The third kappa shape index (κ3) is 6.80. The van der Waals surface area contributed by atoms with Crippen LogP contribution in [0.15, 0.2) is 24.5 Å². The molecule has 3 rings (SSSR count). The minimum atomic E-state index is -0.727. The van der Waals surface area contributed by atoms with E-state index in [1.165, 1.54) is 19.8 Å². The largest absolute Gasteiger partial charge is 0.389 e. The number of amides is 3. The Hall–Kier alpha value is -2.91. The second kappa shape index (κ2) is 11.5. The molecule has 1 aromatic carbocycles. The first-order chi connectivity index (χ1) is 14.7. The van der Waals surface area contributed by atoms with E-state index in [0.29, 0.717) is 10.7 Å². The predicted molar refractivity (Wildman–Crippen MR) is 118 cm³/mol. The van der Waals surface area contributed by atoms with Gasteiger partial charge in [0, 0.05) is 13.0 Å². The lowest BCUT2D eigenvalue weighted by molar-refractivity contribution is -0.120. The van der Waals surface area contributed by atoms with E-state index in [0.717, 1.165) is 31.2 Å². The number of imidazole rings is 1. The number of aromatic amines is 1. The monoisotopic (exact) mass is 449 g/mol. The Balaban J connectivity index is 0.000000245. The van der Waals surface area contributed by atoms with E-state index in [4.69, 9.17) is 17.3 Å². The van der Waals surface area contributed by atoms with E-state index < -0.39 is 17.9 Å². The van der Waals surface area contributed by atoms with Gasteiger partial charge in [-0.2, -0.15) is 0 Å². The Labute approximate surface area is 185 Å². The first-order valence-corrected chi connectivity index (χ1v) is 10.5. The molecule has 1 aromatic heterocycles. The summed E-state index contributed by atoms with van der Waals surface area (Å²) in [5.41, 5.74) is 6.34. The number of benzene rings is 1. The Morgan fingerprint density at radius 2 is 1.94 bits per heavy atom. The number of carbonyl (C=O) groups is 3. The molecular weight excluding hydrogens is 422 g/mol. The number of nitrogens with one attached hydrogen (secondary N) is 3. The maximum Gasteiger partial charge on any atom is 0.269 e. The van der Waals surface area contributed by atoms with Crippen molar-refractivity contribution in [3.05, 3.63) is 46.5 Å². The number of nitrogens with zero attached hydrogens (tertiary/aromatic N) is 1. The van der Waals surface area contributed by atoms with Crippen LogP contribution in [-0.4, -0.2) is 39.8 Å². The zero-order valence-corrected chi connectivity index (χ0v) is 18.3. The van der Waals surface area contributed by atoms with Crippen molar-refractivity contribution < 1.29 is 19.5 Å². The summed E-state index contributed by atoms with van der Waals surface area (Å²) >= 11 is 6.09. The first kappa shape index (κ1) is 24.4. The SMILES string of the molecule is CC(O)c1ccc(Cl)c(NC(=O)C2CCCCC2)c1.CNC(=O)c1[nH]cnc1C(N)=O. The van der Waals surface area contributed by atoms with Crippen LogP contribution >= 0.6 is 11.6 Å². The van der Waals surface area contributed by atoms with Crippen LogP contribution in [0, 0.1) is 5.92 Å². The van der Waals surface area contributed by atoms with Crippen molar-refractivity contribution in [2.75, 3.05) is 12.4 Å². The number of primary amides is 1. The highest BCUT2D eigenvalue weighted by molar-refractivity contribution is 6.33. The van der Waals surface area contributed by atoms with E-state index in [9.17, 15) is 19.5 Å². The smallest absolute Gasteiger partial charge is 0.269 e. The van der Waals surface area contributed by atoms with Crippen molar-refractivity contribution in [2.24, 2.45) is 11.7 Å². The molecule has 2 aromatic rings. The molecule has 0 bridgehead atoms. The zero-order chi connectivity index (χ0) is 23.0. The quantitative estimate of drug-likeness (QED) is 0.475. The summed E-state index contributed by atoms with van der Waals surface area (Å²) in [7, 11) is 1.45. The standard InChI is InChI=1S/C15H20ClNO2.C6H8N4O2/c1-10(18)12-7-8-13(16)14(9-12)17-15(19)11-5-3-2-4-6-11;1-8-6(12)4-3(5(7)11)9-2-10-4/h7-11,18H,2-6H2,1H3,(H,17,19);2H,1H3,(H2,7,11)(H,8,12)(H,9,10). The molecule has 3 amide bonds. The van der Waals surface area contributed by atoms with Crippen molar-refractivity contribution >= 4 is 35.0 Å². The summed E-state index contributed by atoms with van der Waals surface area (Å²) < 4.78 is 0. The first-order valence-electron chi connectivity index (χ1n) is 10.1. The van der Waals surface area contributed by atoms with E-state index in [2.05, 4.69) is 20.6 Å². The lowest BCUT2D eigenvalue weighted by atomic mass is 9.88. The second-order valence-electron chi connectivity index (χ2n) is 7.31. The van der Waals surface area contributed by atoms with Crippen LogP contribution < -0.4 is 16.4 Å². The number of nitrogens with two attached hydrogens (primary N) is 1. The minimum Gasteiger partial charge on any atom is -0.389 e. The molecule has 168 valence electrons. The number of aliphatic hydroxyl groups is 1. The fraction of sp³-hybridized carbons (Fsp3) is 0.429. The van der Waals surface area contributed by atoms with Gasteiger partial charge in [-0.1, -0.05) is 36.9 Å². The molecule has 31 heavy (non-hydrogen) atoms. The number of aromatic nitrogens is 2. The molecule has 9 nitrogen and oxygen atoms in total. The number of halogens is 1. The van der Waals surface area contributed by atoms with E-state index in [-0.39, 0.29) is 23.2 Å². The predicted octanol–water partition coefficient (Wildman–Crippen LogP) is 2.78. The molecule has 1 heterocycles. The fourth-order valence-corrected chi connectivity index (χ4v) is 3.44. The maximum atomic E-state index is 12.2. The molecular formula is C21H28ClN5O4. The van der Waals surface area contributed by atoms with Gasteiger partial charge >= 0.3 is 0 Å². The van der Waals surface area contributed by atoms with Crippen molar-refractivity contribution in [1.82, 2.24) is 15.3 Å². The number of rotatable bonds is 5. The van der Waals surface area contributed by atoms with Gasteiger partial charge in [-0.15, -0.1) is 0 Å². The number of aliphatic hydroxyl groups excluding tert-OH is 1. The molecule has 1 fully saturated rings. The van der Waals surface area contributed by atoms with Crippen LogP contribution in [0.1, 0.15) is 71.7 Å². The third-order valence-electron chi connectivity index (χ3n) is 5.03. The van der Waals surface area contributed by atoms with Crippen molar-refractivity contribution in [2.45, 2.75) is 45.1 Å². The van der Waals surface area contributed by atoms with Gasteiger partial charge in [0.2, 0.25) is 5.91 Å². The molecule has 1 aliphatic rings. The molecule has 0 aliphatic heterocycles. The van der Waals surface area contributed by atoms with Crippen molar-refractivity contribution in [3.8, 4) is 0 Å². The topological polar surface area (TPSA) is 150 Å². The summed E-state index contributed by atoms with van der Waals surface area (Å²) in [6.07, 6.45) is 6.06. The molecule has 1 aliphatic carbocycles. The molecule has 1 saturated carbocycles. The van der Waals surface area contributed by atoms with Gasteiger partial charge in [-0.05, 0) is 37.5 Å². The van der Waals surface area contributed by atoms with Gasteiger partial charge in [0.05, 0.1) is 23.1 Å². The van der Waals surface area contributed by atoms with Crippen LogP contribution in [0.2, 0.25) is 5.02 Å². The molecule has 1 atom stereocenters. The molecule has 10 heteroatoms. The summed E-state index contributed by atoms with van der Waals surface area (Å²) in [5, 5.41) is 15.3. The number of hydrogen-bond donors (Lipinski definition) is 5. The second-order valence-corrected chi connectivity index (χ2v) is 7.72. The van der Waals surface area contributed by atoms with E-state index >= 15 is 0 Å². The van der Waals surface area contributed by atoms with Crippen LogP contribution in [0.25, 0.3) is 0 Å². The number of carbonyl (C=O) groups excluding carboxylic acids is 3. The van der Waals surface area contributed by atoms with Gasteiger partial charge in [-0.3, -0.25) is 14.4 Å². The van der Waals surface area contributed by atoms with Gasteiger partial charge in [-0.25, -0.2) is 4.98 Å². The maximum absolute atomic E-state index is 12.2. The fourth-order valence-electron chi connectivity index (χ4n) is 3.28. The van der Waals surface area contributed by atoms with Crippen LogP contribution in [0.4, 0.5) is 5.69 Å². The van der Waals surface area contributed by atoms with Crippen LogP contribution in [0.5, 0.6) is 0 Å². The summed E-state index contributed by atoms with van der Waals surface area (Å²) in [4.78, 5) is 39.9. The van der Waals surface area contributed by atoms with Crippen molar-refractivity contribution in [3.63, 3.8) is 0 Å². The highest BCUT2D eigenvalue weighted by atomic mass is 35.5. The summed E-state index contributed by atoms with van der Waals surface area (Å²) in [6.45, 7) is 1.69. The number of anilines is 1. The Bertz CT molecular complexity index is 922. The van der Waals surface area contributed by atoms with Crippen LogP contribution in [-0.2, 0) is 4.79 Å². The minimum absolute atomic E-state index is 0.0457. The Morgan fingerprint density at radius 1 is 1.26 bits per heavy atom. The average molecular weight is 450 g/mol. The molecule has 0 radical (unpaired) electrons. The number of H-pyrrole nitrogens is 1. The Morgan fingerprint density at radius 3 is 2.52 bits per heavy atom. The Kier molecular flexibility index (Phi) is 9.02.